The van der Waals surface area contributed by atoms with Gasteiger partial charge in [-0.15, -0.1) is 0 Å². The van der Waals surface area contributed by atoms with Crippen LogP contribution in [0, 0.1) is 17.2 Å². The zero-order valence-corrected chi connectivity index (χ0v) is 20.1. The number of benzene rings is 2. The summed E-state index contributed by atoms with van der Waals surface area (Å²) in [6.07, 6.45) is 6.34. The second kappa shape index (κ2) is 8.50. The predicted molar refractivity (Wildman–Crippen MR) is 136 cm³/mol. The number of nitrogens with zero attached hydrogens (tertiary/aromatic N) is 5. The minimum absolute atomic E-state index is 0.0408. The first-order valence-electron chi connectivity index (χ1n) is 11.8. The normalized spacial score (nSPS) is 18.4. The average Bonchev–Trinajstić information content (AvgIpc) is 3.51. The first kappa shape index (κ1) is 22.3. The van der Waals surface area contributed by atoms with Gasteiger partial charge >= 0.3 is 0 Å². The van der Waals surface area contributed by atoms with Crippen molar-refractivity contribution in [1.82, 2.24) is 18.5 Å². The molecule has 6 rings (SSSR count). The minimum Gasteiger partial charge on any atom is -0.508 e. The SMILES string of the molecule is N#C[C@H]1CC[C@H](n2c(-c3cccc(O)c3)nc3cnc4c(ccn4S(=O)(=O)c4ccccc4)c32)CC1. The van der Waals surface area contributed by atoms with Gasteiger partial charge in [0.25, 0.3) is 10.0 Å². The molecule has 0 spiro atoms. The minimum atomic E-state index is -3.83. The summed E-state index contributed by atoms with van der Waals surface area (Å²) in [5.74, 6) is 0.871. The van der Waals surface area contributed by atoms with Crippen molar-refractivity contribution in [3.8, 4) is 23.2 Å². The van der Waals surface area contributed by atoms with E-state index < -0.39 is 10.0 Å². The number of hydrogen-bond acceptors (Lipinski definition) is 6. The maximum absolute atomic E-state index is 13.4. The number of fused-ring (bicyclic) bond motifs is 3. The fraction of sp³-hybridized carbons (Fsp3) is 0.222. The lowest BCUT2D eigenvalue weighted by Crippen LogP contribution is -2.18. The second-order valence-electron chi connectivity index (χ2n) is 9.15. The number of aromatic hydroxyl groups is 1. The highest BCUT2D eigenvalue weighted by atomic mass is 32.2. The van der Waals surface area contributed by atoms with Gasteiger partial charge in [-0.05, 0) is 56.0 Å². The molecule has 0 saturated heterocycles. The number of pyridine rings is 1. The van der Waals surface area contributed by atoms with E-state index >= 15 is 0 Å². The van der Waals surface area contributed by atoms with Crippen molar-refractivity contribution in [2.24, 2.45) is 5.92 Å². The number of aromatic nitrogens is 4. The lowest BCUT2D eigenvalue weighted by atomic mass is 9.86. The van der Waals surface area contributed by atoms with Crippen molar-refractivity contribution in [1.29, 1.82) is 5.26 Å². The summed E-state index contributed by atoms with van der Waals surface area (Å²) in [7, 11) is -3.83. The summed E-state index contributed by atoms with van der Waals surface area (Å²) in [5, 5.41) is 20.2. The highest BCUT2D eigenvalue weighted by Crippen LogP contribution is 2.40. The molecule has 1 aliphatic carbocycles. The molecular weight excluding hydrogens is 474 g/mol. The molecule has 0 radical (unpaired) electrons. The molecule has 8 nitrogen and oxygen atoms in total. The van der Waals surface area contributed by atoms with Gasteiger partial charge < -0.3 is 9.67 Å². The molecule has 1 fully saturated rings. The van der Waals surface area contributed by atoms with Crippen molar-refractivity contribution < 1.29 is 13.5 Å². The van der Waals surface area contributed by atoms with Crippen molar-refractivity contribution in [2.75, 3.05) is 0 Å². The van der Waals surface area contributed by atoms with E-state index in [4.69, 9.17) is 4.98 Å². The van der Waals surface area contributed by atoms with Crippen LogP contribution in [-0.2, 0) is 10.0 Å². The van der Waals surface area contributed by atoms with Gasteiger partial charge in [-0.3, -0.25) is 0 Å². The van der Waals surface area contributed by atoms with Crippen molar-refractivity contribution in [2.45, 2.75) is 36.6 Å². The fourth-order valence-corrected chi connectivity index (χ4v) is 6.54. The van der Waals surface area contributed by atoms with Gasteiger partial charge in [-0.1, -0.05) is 30.3 Å². The summed E-state index contributed by atoms with van der Waals surface area (Å²) in [5.41, 5.74) is 2.55. The standard InChI is InChI=1S/C27H23N5O3S/c28-16-18-9-11-20(12-10-18)32-25-23-13-14-31(36(34,35)22-7-2-1-3-8-22)27(23)29-17-24(25)30-26(32)19-5-4-6-21(33)15-19/h1-8,13-15,17-18,20,33H,9-12H2/t18-,20-. The second-order valence-corrected chi connectivity index (χ2v) is 11.0. The number of nitriles is 1. The Balaban J connectivity index is 1.59. The van der Waals surface area contributed by atoms with Crippen LogP contribution >= 0.6 is 0 Å². The molecule has 1 N–H and O–H groups in total. The van der Waals surface area contributed by atoms with E-state index in [9.17, 15) is 18.8 Å². The topological polar surface area (TPSA) is 114 Å². The van der Waals surface area contributed by atoms with Crippen LogP contribution in [0.15, 0.2) is 78.0 Å². The third-order valence-electron chi connectivity index (χ3n) is 6.98. The Bertz CT molecular complexity index is 1740. The van der Waals surface area contributed by atoms with Gasteiger partial charge in [0, 0.05) is 29.1 Å². The molecule has 3 heterocycles. The predicted octanol–water partition coefficient (Wildman–Crippen LogP) is 5.25. The summed E-state index contributed by atoms with van der Waals surface area (Å²) in [6, 6.07) is 19.5. The molecule has 36 heavy (non-hydrogen) atoms. The van der Waals surface area contributed by atoms with Crippen LogP contribution < -0.4 is 0 Å². The van der Waals surface area contributed by atoms with E-state index in [0.29, 0.717) is 22.4 Å². The summed E-state index contributed by atoms with van der Waals surface area (Å²) < 4.78 is 30.2. The lowest BCUT2D eigenvalue weighted by molar-refractivity contribution is 0.320. The zero-order valence-electron chi connectivity index (χ0n) is 19.3. The van der Waals surface area contributed by atoms with Crippen molar-refractivity contribution >= 4 is 32.1 Å². The van der Waals surface area contributed by atoms with Gasteiger partial charge in [0.05, 0.1) is 22.7 Å². The van der Waals surface area contributed by atoms with Crippen LogP contribution in [0.25, 0.3) is 33.5 Å². The van der Waals surface area contributed by atoms with E-state index in [0.717, 1.165) is 36.8 Å². The van der Waals surface area contributed by atoms with Gasteiger partial charge in [-0.25, -0.2) is 22.4 Å². The smallest absolute Gasteiger partial charge is 0.269 e. The highest BCUT2D eigenvalue weighted by Gasteiger charge is 2.29. The average molecular weight is 498 g/mol. The third kappa shape index (κ3) is 3.53. The molecule has 180 valence electrons. The molecule has 0 unspecified atom stereocenters. The number of phenolic OH excluding ortho intramolecular Hbond substituents is 1. The molecule has 0 aliphatic heterocycles. The van der Waals surface area contributed by atoms with Crippen LogP contribution in [0.5, 0.6) is 5.75 Å². The van der Waals surface area contributed by atoms with E-state index in [2.05, 4.69) is 15.6 Å². The van der Waals surface area contributed by atoms with Crippen LogP contribution in [0.4, 0.5) is 0 Å². The fourth-order valence-electron chi connectivity index (χ4n) is 5.21. The Labute approximate surface area is 208 Å². The van der Waals surface area contributed by atoms with Crippen LogP contribution in [-0.4, -0.2) is 32.0 Å². The molecule has 0 atom stereocenters. The maximum Gasteiger partial charge on any atom is 0.269 e. The third-order valence-corrected chi connectivity index (χ3v) is 8.66. The molecular formula is C27H23N5O3S. The molecule has 2 aromatic carbocycles. The van der Waals surface area contributed by atoms with Crippen molar-refractivity contribution in [3.63, 3.8) is 0 Å². The Kier molecular flexibility index (Phi) is 5.27. The van der Waals surface area contributed by atoms with Crippen LogP contribution in [0.3, 0.4) is 0 Å². The first-order valence-corrected chi connectivity index (χ1v) is 13.3. The Morgan fingerprint density at radius 1 is 1.00 bits per heavy atom. The van der Waals surface area contributed by atoms with Gasteiger partial charge in [0.1, 0.15) is 17.1 Å². The quantitative estimate of drug-likeness (QED) is 0.363. The molecule has 0 amide bonds. The molecule has 0 bridgehead atoms. The lowest BCUT2D eigenvalue weighted by Gasteiger charge is -2.28. The Hall–Kier alpha value is -4.16. The monoisotopic (exact) mass is 497 g/mol. The zero-order chi connectivity index (χ0) is 24.9. The van der Waals surface area contributed by atoms with Gasteiger partial charge in [0.2, 0.25) is 0 Å². The Morgan fingerprint density at radius 2 is 1.78 bits per heavy atom. The molecule has 3 aromatic heterocycles. The summed E-state index contributed by atoms with van der Waals surface area (Å²) >= 11 is 0. The van der Waals surface area contributed by atoms with E-state index in [1.165, 1.54) is 10.2 Å². The van der Waals surface area contributed by atoms with Crippen LogP contribution in [0.1, 0.15) is 31.7 Å². The molecule has 1 saturated carbocycles. The van der Waals surface area contributed by atoms with Crippen molar-refractivity contribution in [3.05, 3.63) is 73.1 Å². The molecule has 5 aromatic rings. The summed E-state index contributed by atoms with van der Waals surface area (Å²) in [6.45, 7) is 0. The van der Waals surface area contributed by atoms with E-state index in [1.807, 2.05) is 6.07 Å². The number of rotatable bonds is 4. The molecule has 1 aliphatic rings. The number of imidazole rings is 1. The molecule has 9 heteroatoms. The van der Waals surface area contributed by atoms with Gasteiger partial charge in [-0.2, -0.15) is 5.26 Å². The van der Waals surface area contributed by atoms with E-state index in [1.54, 1.807) is 60.8 Å². The number of hydrogen-bond donors (Lipinski definition) is 1. The van der Waals surface area contributed by atoms with Crippen LogP contribution in [0.2, 0.25) is 0 Å². The van der Waals surface area contributed by atoms with Gasteiger partial charge in [0.15, 0.2) is 5.65 Å². The largest absolute Gasteiger partial charge is 0.508 e. The first-order chi connectivity index (χ1) is 17.5. The summed E-state index contributed by atoms with van der Waals surface area (Å²) in [4.78, 5) is 9.58. The Morgan fingerprint density at radius 3 is 2.50 bits per heavy atom. The maximum atomic E-state index is 13.4. The number of phenols is 1. The van der Waals surface area contributed by atoms with E-state index in [-0.39, 0.29) is 22.6 Å². The highest BCUT2D eigenvalue weighted by molar-refractivity contribution is 7.90.